The highest BCUT2D eigenvalue weighted by Crippen LogP contribution is 2.29. The monoisotopic (exact) mass is 354 g/mol. The van der Waals surface area contributed by atoms with Gasteiger partial charge in [-0.3, -0.25) is 0 Å². The summed E-state index contributed by atoms with van der Waals surface area (Å²) in [5.41, 5.74) is 3.97. The van der Waals surface area contributed by atoms with Crippen molar-refractivity contribution in [3.63, 3.8) is 0 Å². The van der Waals surface area contributed by atoms with Gasteiger partial charge in [-0.2, -0.15) is 0 Å². The third kappa shape index (κ3) is 4.30. The van der Waals surface area contributed by atoms with Crippen LogP contribution in [-0.4, -0.2) is 11.5 Å². The molecule has 0 radical (unpaired) electrons. The molecule has 1 aromatic carbocycles. The minimum atomic E-state index is 0.262. The van der Waals surface area contributed by atoms with Crippen molar-refractivity contribution in [2.24, 2.45) is 0 Å². The van der Waals surface area contributed by atoms with Gasteiger partial charge in [0.15, 0.2) is 0 Å². The summed E-state index contributed by atoms with van der Waals surface area (Å²) >= 11 is 5.12. The van der Waals surface area contributed by atoms with E-state index in [1.807, 2.05) is 23.0 Å². The van der Waals surface area contributed by atoms with E-state index in [0.29, 0.717) is 6.61 Å². The van der Waals surface area contributed by atoms with Gasteiger partial charge >= 0.3 is 0 Å². The first kappa shape index (κ1) is 15.5. The maximum Gasteiger partial charge on any atom is 0.131 e. The Bertz CT molecular complexity index is 531. The van der Waals surface area contributed by atoms with Crippen LogP contribution in [0.4, 0.5) is 0 Å². The Morgan fingerprint density at radius 2 is 2.30 bits per heavy atom. The fourth-order valence-electron chi connectivity index (χ4n) is 1.92. The molecule has 3 nitrogen and oxygen atoms in total. The first-order chi connectivity index (χ1) is 9.70. The molecule has 0 saturated carbocycles. The van der Waals surface area contributed by atoms with E-state index in [0.717, 1.165) is 28.9 Å². The van der Waals surface area contributed by atoms with Crippen molar-refractivity contribution in [2.75, 3.05) is 6.54 Å². The Balaban J connectivity index is 2.10. The summed E-state index contributed by atoms with van der Waals surface area (Å²) in [7, 11) is 0. The molecule has 0 bridgehead atoms. The molecule has 5 heteroatoms. The Morgan fingerprint density at radius 1 is 1.45 bits per heavy atom. The highest BCUT2D eigenvalue weighted by Gasteiger charge is 2.12. The van der Waals surface area contributed by atoms with Crippen molar-refractivity contribution in [3.8, 4) is 5.75 Å². The van der Waals surface area contributed by atoms with Crippen LogP contribution in [0.15, 0.2) is 33.6 Å². The van der Waals surface area contributed by atoms with Crippen LogP contribution < -0.4 is 10.1 Å². The van der Waals surface area contributed by atoms with Gasteiger partial charge < -0.3 is 10.1 Å². The van der Waals surface area contributed by atoms with Crippen molar-refractivity contribution in [1.29, 1.82) is 0 Å². The number of nitrogens with one attached hydrogen (secondary N) is 1. The van der Waals surface area contributed by atoms with Crippen LogP contribution in [0.5, 0.6) is 5.75 Å². The van der Waals surface area contributed by atoms with Crippen LogP contribution >= 0.6 is 27.3 Å². The zero-order valence-electron chi connectivity index (χ0n) is 11.7. The van der Waals surface area contributed by atoms with E-state index in [1.165, 1.54) is 5.56 Å². The quantitative estimate of drug-likeness (QED) is 0.792. The van der Waals surface area contributed by atoms with Crippen LogP contribution in [0, 0.1) is 0 Å². The van der Waals surface area contributed by atoms with E-state index in [2.05, 4.69) is 46.1 Å². The molecule has 0 amide bonds. The van der Waals surface area contributed by atoms with Gasteiger partial charge in [0.1, 0.15) is 12.4 Å². The molecule has 0 aliphatic rings. The molecule has 108 valence electrons. The summed E-state index contributed by atoms with van der Waals surface area (Å²) in [6.07, 6.45) is 1.12. The Hall–Kier alpha value is -0.910. The van der Waals surface area contributed by atoms with Crippen molar-refractivity contribution in [2.45, 2.75) is 32.9 Å². The molecule has 1 atom stereocenters. The fourth-order valence-corrected chi connectivity index (χ4v) is 2.84. The van der Waals surface area contributed by atoms with Crippen LogP contribution in [-0.2, 0) is 6.61 Å². The molecular formula is C15H19BrN2OS. The predicted octanol–water partition coefficient (Wildman–Crippen LogP) is 4.55. The number of rotatable bonds is 7. The minimum absolute atomic E-state index is 0.262. The second-order valence-corrected chi connectivity index (χ2v) is 6.26. The smallest absolute Gasteiger partial charge is 0.131 e. The van der Waals surface area contributed by atoms with Crippen molar-refractivity contribution < 1.29 is 4.74 Å². The molecule has 0 fully saturated rings. The molecule has 1 aromatic heterocycles. The third-order valence-electron chi connectivity index (χ3n) is 3.00. The largest absolute Gasteiger partial charge is 0.487 e. The summed E-state index contributed by atoms with van der Waals surface area (Å²) in [6, 6.07) is 6.39. The van der Waals surface area contributed by atoms with E-state index in [1.54, 1.807) is 11.3 Å². The average Bonchev–Trinajstić information content (AvgIpc) is 2.96. The Labute approximate surface area is 132 Å². The zero-order valence-corrected chi connectivity index (χ0v) is 14.1. The number of aromatic nitrogens is 1. The summed E-state index contributed by atoms with van der Waals surface area (Å²) in [4.78, 5) is 4.24. The lowest BCUT2D eigenvalue weighted by molar-refractivity contribution is 0.296. The number of ether oxygens (including phenoxy) is 1. The van der Waals surface area contributed by atoms with E-state index in [-0.39, 0.29) is 6.04 Å². The van der Waals surface area contributed by atoms with Gasteiger partial charge in [-0.25, -0.2) is 4.98 Å². The Morgan fingerprint density at radius 3 is 3.00 bits per heavy atom. The number of hydrogen-bond donors (Lipinski definition) is 1. The van der Waals surface area contributed by atoms with E-state index >= 15 is 0 Å². The molecule has 2 aromatic rings. The first-order valence-corrected chi connectivity index (χ1v) is 8.47. The standard InChI is InChI=1S/C15H19BrN2OS/c1-3-6-17-11(2)14-7-12(16)4-5-15(14)19-8-13-9-20-10-18-13/h4-5,7,9-11,17H,3,6,8H2,1-2H3. The lowest BCUT2D eigenvalue weighted by Crippen LogP contribution is -2.20. The summed E-state index contributed by atoms with van der Waals surface area (Å²) in [5.74, 6) is 0.914. The van der Waals surface area contributed by atoms with Crippen molar-refractivity contribution in [3.05, 3.63) is 44.8 Å². The molecule has 1 heterocycles. The lowest BCUT2D eigenvalue weighted by Gasteiger charge is -2.18. The van der Waals surface area contributed by atoms with E-state index < -0.39 is 0 Å². The second-order valence-electron chi connectivity index (χ2n) is 4.63. The zero-order chi connectivity index (χ0) is 14.4. The summed E-state index contributed by atoms with van der Waals surface area (Å²) < 4.78 is 6.99. The van der Waals surface area contributed by atoms with E-state index in [4.69, 9.17) is 4.74 Å². The highest BCUT2D eigenvalue weighted by molar-refractivity contribution is 9.10. The molecule has 0 aliphatic heterocycles. The van der Waals surface area contributed by atoms with Crippen molar-refractivity contribution in [1.82, 2.24) is 10.3 Å². The molecule has 1 unspecified atom stereocenters. The van der Waals surface area contributed by atoms with E-state index in [9.17, 15) is 0 Å². The number of thiazole rings is 1. The predicted molar refractivity (Wildman–Crippen MR) is 87.3 cm³/mol. The van der Waals surface area contributed by atoms with Crippen LogP contribution in [0.3, 0.4) is 0 Å². The third-order valence-corrected chi connectivity index (χ3v) is 4.13. The maximum absolute atomic E-state index is 5.92. The molecular weight excluding hydrogens is 336 g/mol. The van der Waals surface area contributed by atoms with Crippen LogP contribution in [0.2, 0.25) is 0 Å². The normalized spacial score (nSPS) is 12.3. The summed E-state index contributed by atoms with van der Waals surface area (Å²) in [6.45, 7) is 5.84. The first-order valence-electron chi connectivity index (χ1n) is 6.73. The number of nitrogens with zero attached hydrogens (tertiary/aromatic N) is 1. The topological polar surface area (TPSA) is 34.1 Å². The maximum atomic E-state index is 5.92. The number of halogens is 1. The molecule has 0 spiro atoms. The SMILES string of the molecule is CCCNC(C)c1cc(Br)ccc1OCc1cscn1. The van der Waals surface area contributed by atoms with Crippen LogP contribution in [0.25, 0.3) is 0 Å². The molecule has 2 rings (SSSR count). The lowest BCUT2D eigenvalue weighted by atomic mass is 10.1. The fraction of sp³-hybridized carbons (Fsp3) is 0.400. The van der Waals surface area contributed by atoms with Gasteiger partial charge in [0.25, 0.3) is 0 Å². The minimum Gasteiger partial charge on any atom is -0.487 e. The Kier molecular flexibility index (Phi) is 6.01. The molecule has 20 heavy (non-hydrogen) atoms. The van der Waals surface area contributed by atoms with Crippen LogP contribution in [0.1, 0.15) is 37.6 Å². The number of benzene rings is 1. The van der Waals surface area contributed by atoms with Gasteiger partial charge in [-0.15, -0.1) is 11.3 Å². The van der Waals surface area contributed by atoms with Gasteiger partial charge in [0.2, 0.25) is 0 Å². The van der Waals surface area contributed by atoms with Gasteiger partial charge in [0.05, 0.1) is 11.2 Å². The van der Waals surface area contributed by atoms with Gasteiger partial charge in [-0.1, -0.05) is 22.9 Å². The molecule has 0 saturated heterocycles. The second kappa shape index (κ2) is 7.76. The average molecular weight is 355 g/mol. The van der Waals surface area contributed by atoms with Crippen molar-refractivity contribution >= 4 is 27.3 Å². The van der Waals surface area contributed by atoms with Gasteiger partial charge in [0, 0.05) is 21.5 Å². The highest BCUT2D eigenvalue weighted by atomic mass is 79.9. The number of hydrogen-bond acceptors (Lipinski definition) is 4. The molecule has 0 aliphatic carbocycles. The summed E-state index contributed by atoms with van der Waals surface area (Å²) in [5, 5.41) is 5.51. The molecule has 1 N–H and O–H groups in total. The van der Waals surface area contributed by atoms with Gasteiger partial charge in [-0.05, 0) is 38.1 Å².